The molecule has 0 spiro atoms. The van der Waals surface area contributed by atoms with Gasteiger partial charge in [-0.3, -0.25) is 14.6 Å². The molecule has 1 unspecified atom stereocenters. The fourth-order valence-corrected chi connectivity index (χ4v) is 4.77. The normalized spacial score (nSPS) is 21.7. The average Bonchev–Trinajstić information content (AvgIpc) is 2.71. The molecule has 156 valence electrons. The molecule has 1 aliphatic carbocycles. The highest BCUT2D eigenvalue weighted by Gasteiger charge is 2.33. The first-order valence-corrected chi connectivity index (χ1v) is 10.0. The second kappa shape index (κ2) is 7.63. The number of carbonyl (C=O) groups is 1. The summed E-state index contributed by atoms with van der Waals surface area (Å²) in [6.45, 7) is 3.74. The molecule has 1 aromatic carbocycles. The van der Waals surface area contributed by atoms with Gasteiger partial charge in [-0.2, -0.15) is 0 Å². The number of rotatable bonds is 3. The topological polar surface area (TPSA) is 88.8 Å². The van der Waals surface area contributed by atoms with Crippen molar-refractivity contribution in [2.45, 2.75) is 44.9 Å². The van der Waals surface area contributed by atoms with Crippen LogP contribution in [0.25, 0.3) is 10.9 Å². The maximum absolute atomic E-state index is 14.3. The summed E-state index contributed by atoms with van der Waals surface area (Å²) in [6, 6.07) is 5.94. The molecule has 1 saturated carbocycles. The number of aromatic amines is 1. The van der Waals surface area contributed by atoms with Crippen molar-refractivity contribution in [1.82, 2.24) is 9.97 Å². The Bertz CT molecular complexity index is 1210. The van der Waals surface area contributed by atoms with Crippen molar-refractivity contribution < 1.29 is 13.6 Å². The van der Waals surface area contributed by atoms with E-state index in [2.05, 4.69) is 16.9 Å². The lowest BCUT2D eigenvalue weighted by atomic mass is 9.69. The van der Waals surface area contributed by atoms with Gasteiger partial charge in [0.1, 0.15) is 5.69 Å². The van der Waals surface area contributed by atoms with Crippen molar-refractivity contribution in [2.75, 3.05) is 0 Å². The van der Waals surface area contributed by atoms with Crippen molar-refractivity contribution in [1.29, 1.82) is 0 Å². The summed E-state index contributed by atoms with van der Waals surface area (Å²) in [4.78, 5) is 31.7. The zero-order valence-electron chi connectivity index (χ0n) is 16.8. The first kappa shape index (κ1) is 20.2. The van der Waals surface area contributed by atoms with Crippen LogP contribution >= 0.6 is 0 Å². The SMILES string of the molecule is Cc1c(C2C[C@@H](C)CC[C@@H]2c2cc(=O)c3c(C(N)=O)nccc3[nH]2)ccc(F)c1F. The minimum atomic E-state index is -0.859. The summed E-state index contributed by atoms with van der Waals surface area (Å²) in [6.07, 6.45) is 4.01. The summed E-state index contributed by atoms with van der Waals surface area (Å²) in [5, 5.41) is 0.165. The van der Waals surface area contributed by atoms with E-state index >= 15 is 0 Å². The predicted octanol–water partition coefficient (Wildman–Crippen LogP) is 4.30. The Balaban J connectivity index is 1.85. The molecule has 2 heterocycles. The number of benzene rings is 1. The molecule has 30 heavy (non-hydrogen) atoms. The van der Waals surface area contributed by atoms with Gasteiger partial charge in [-0.05, 0) is 54.9 Å². The molecule has 0 aliphatic heterocycles. The van der Waals surface area contributed by atoms with E-state index in [1.807, 2.05) is 0 Å². The number of nitrogens with zero attached hydrogens (tertiary/aromatic N) is 1. The van der Waals surface area contributed by atoms with Gasteiger partial charge in [0.25, 0.3) is 5.91 Å². The number of hydrogen-bond donors (Lipinski definition) is 2. The van der Waals surface area contributed by atoms with E-state index in [-0.39, 0.29) is 28.3 Å². The van der Waals surface area contributed by atoms with Gasteiger partial charge < -0.3 is 10.7 Å². The number of primary amides is 1. The van der Waals surface area contributed by atoms with E-state index < -0.39 is 17.5 Å². The molecule has 2 aromatic heterocycles. The Morgan fingerprint density at radius 3 is 2.70 bits per heavy atom. The number of aromatic nitrogens is 2. The first-order valence-electron chi connectivity index (χ1n) is 10.0. The van der Waals surface area contributed by atoms with Crippen molar-refractivity contribution in [3.63, 3.8) is 0 Å². The zero-order chi connectivity index (χ0) is 21.6. The van der Waals surface area contributed by atoms with Crippen LogP contribution in [0, 0.1) is 24.5 Å². The number of H-pyrrole nitrogens is 1. The summed E-state index contributed by atoms with van der Waals surface area (Å²) < 4.78 is 28.0. The molecule has 1 aliphatic rings. The summed E-state index contributed by atoms with van der Waals surface area (Å²) >= 11 is 0. The molecule has 3 N–H and O–H groups in total. The van der Waals surface area contributed by atoms with E-state index in [0.29, 0.717) is 17.0 Å². The number of carbonyl (C=O) groups excluding carboxylic acids is 1. The van der Waals surface area contributed by atoms with Crippen LogP contribution < -0.4 is 11.2 Å². The van der Waals surface area contributed by atoms with Crippen molar-refractivity contribution in [3.8, 4) is 0 Å². The maximum atomic E-state index is 14.3. The molecule has 0 saturated heterocycles. The van der Waals surface area contributed by atoms with Crippen LogP contribution in [0.5, 0.6) is 0 Å². The number of amides is 1. The fourth-order valence-electron chi connectivity index (χ4n) is 4.77. The van der Waals surface area contributed by atoms with Crippen LogP contribution in [0.3, 0.4) is 0 Å². The molecule has 1 amide bonds. The van der Waals surface area contributed by atoms with Crippen molar-refractivity contribution >= 4 is 16.8 Å². The lowest BCUT2D eigenvalue weighted by molar-refractivity contribution is 0.0997. The Labute approximate surface area is 172 Å². The number of nitrogens with two attached hydrogens (primary N) is 1. The van der Waals surface area contributed by atoms with Crippen LogP contribution in [0.4, 0.5) is 8.78 Å². The summed E-state index contributed by atoms with van der Waals surface area (Å²) in [7, 11) is 0. The van der Waals surface area contributed by atoms with Gasteiger partial charge in [-0.1, -0.05) is 19.4 Å². The second-order valence-corrected chi connectivity index (χ2v) is 8.24. The molecular formula is C23H23F2N3O2. The minimum Gasteiger partial charge on any atom is -0.364 e. The van der Waals surface area contributed by atoms with Crippen LogP contribution in [0.15, 0.2) is 35.3 Å². The van der Waals surface area contributed by atoms with Gasteiger partial charge in [0.2, 0.25) is 0 Å². The standard InChI is InChI=1S/C23H23F2N3O2/c1-11-3-4-14(15(9-11)13-5-6-16(24)21(25)12(13)2)18-10-19(29)20-17(28-18)7-8-27-22(20)23(26)30/h5-8,10-11,14-15H,3-4,9H2,1-2H3,(H2,26,30)(H,28,29)/t11-,14-,15?/m0/s1. The Hall–Kier alpha value is -3.09. The molecule has 0 radical (unpaired) electrons. The number of hydrogen-bond acceptors (Lipinski definition) is 3. The van der Waals surface area contributed by atoms with Crippen LogP contribution in [0.2, 0.25) is 0 Å². The van der Waals surface area contributed by atoms with E-state index in [1.165, 1.54) is 18.3 Å². The molecule has 4 rings (SSSR count). The number of halogens is 2. The predicted molar refractivity (Wildman–Crippen MR) is 110 cm³/mol. The molecule has 5 nitrogen and oxygen atoms in total. The van der Waals surface area contributed by atoms with E-state index in [4.69, 9.17) is 5.73 Å². The minimum absolute atomic E-state index is 0.0607. The third-order valence-electron chi connectivity index (χ3n) is 6.29. The highest BCUT2D eigenvalue weighted by Crippen LogP contribution is 2.46. The maximum Gasteiger partial charge on any atom is 0.268 e. The highest BCUT2D eigenvalue weighted by molar-refractivity contribution is 6.03. The Morgan fingerprint density at radius 1 is 1.20 bits per heavy atom. The average molecular weight is 411 g/mol. The molecule has 0 bridgehead atoms. The van der Waals surface area contributed by atoms with Gasteiger partial charge in [0.15, 0.2) is 17.1 Å². The largest absolute Gasteiger partial charge is 0.364 e. The summed E-state index contributed by atoms with van der Waals surface area (Å²) in [5.41, 5.74) is 7.24. The number of nitrogens with one attached hydrogen (secondary N) is 1. The fraction of sp³-hybridized carbons (Fsp3) is 0.348. The number of pyridine rings is 2. The third kappa shape index (κ3) is 3.38. The highest BCUT2D eigenvalue weighted by atomic mass is 19.2. The Morgan fingerprint density at radius 2 is 1.97 bits per heavy atom. The van der Waals surface area contributed by atoms with Gasteiger partial charge >= 0.3 is 0 Å². The lowest BCUT2D eigenvalue weighted by Crippen LogP contribution is -2.24. The monoisotopic (exact) mass is 411 g/mol. The van der Waals surface area contributed by atoms with Crippen molar-refractivity contribution in [2.24, 2.45) is 11.7 Å². The second-order valence-electron chi connectivity index (χ2n) is 8.24. The van der Waals surface area contributed by atoms with Gasteiger partial charge in [-0.15, -0.1) is 0 Å². The molecule has 7 heteroatoms. The van der Waals surface area contributed by atoms with Crippen LogP contribution in [0.1, 0.15) is 65.3 Å². The third-order valence-corrected chi connectivity index (χ3v) is 6.29. The van der Waals surface area contributed by atoms with E-state index in [9.17, 15) is 18.4 Å². The number of fused-ring (bicyclic) bond motifs is 1. The molecule has 1 fully saturated rings. The molecule has 3 aromatic rings. The molecule has 3 atom stereocenters. The van der Waals surface area contributed by atoms with Crippen LogP contribution in [-0.4, -0.2) is 15.9 Å². The molecular weight excluding hydrogens is 388 g/mol. The Kier molecular flexibility index (Phi) is 5.13. The summed E-state index contributed by atoms with van der Waals surface area (Å²) in [5.74, 6) is -2.14. The lowest BCUT2D eigenvalue weighted by Gasteiger charge is -2.36. The first-order chi connectivity index (χ1) is 14.3. The van der Waals surface area contributed by atoms with Crippen molar-refractivity contribution in [3.05, 3.63) is 74.8 Å². The van der Waals surface area contributed by atoms with Gasteiger partial charge in [-0.25, -0.2) is 8.78 Å². The van der Waals surface area contributed by atoms with E-state index in [1.54, 1.807) is 19.1 Å². The zero-order valence-corrected chi connectivity index (χ0v) is 16.8. The van der Waals surface area contributed by atoms with E-state index in [0.717, 1.165) is 30.5 Å². The van der Waals surface area contributed by atoms with Gasteiger partial charge in [0.05, 0.1) is 10.9 Å². The smallest absolute Gasteiger partial charge is 0.268 e. The quantitative estimate of drug-likeness (QED) is 0.674. The van der Waals surface area contributed by atoms with Gasteiger partial charge in [0, 0.05) is 23.9 Å². The van der Waals surface area contributed by atoms with Crippen LogP contribution in [-0.2, 0) is 0 Å².